The molecule has 0 saturated carbocycles. The van der Waals surface area contributed by atoms with E-state index in [1.165, 1.54) is 11.1 Å². The zero-order valence-corrected chi connectivity index (χ0v) is 12.3. The van der Waals surface area contributed by atoms with Gasteiger partial charge < -0.3 is 5.32 Å². The molecule has 0 unspecified atom stereocenters. The number of aliphatic imine (C=N–C) groups is 1. The van der Waals surface area contributed by atoms with Crippen LogP contribution in [0.5, 0.6) is 0 Å². The summed E-state index contributed by atoms with van der Waals surface area (Å²) in [6, 6.07) is 8.42. The number of nitrogens with zero attached hydrogens (tertiary/aromatic N) is 1. The lowest BCUT2D eigenvalue weighted by molar-refractivity contribution is 1.17. The summed E-state index contributed by atoms with van der Waals surface area (Å²) in [5, 5.41) is 3.38. The third-order valence-electron chi connectivity index (χ3n) is 2.31. The zero-order valence-electron chi connectivity index (χ0n) is 12.3. The minimum Gasteiger partial charge on any atom is -0.381 e. The van der Waals surface area contributed by atoms with E-state index in [0.29, 0.717) is 0 Å². The van der Waals surface area contributed by atoms with Crippen LogP contribution in [0.4, 0.5) is 5.69 Å². The SMILES string of the molecule is CC.CC/C=C(\C=NC)CNc1ccc(C)cc1. The lowest BCUT2D eigenvalue weighted by Gasteiger charge is -2.07. The number of anilines is 1. The van der Waals surface area contributed by atoms with Gasteiger partial charge in [0.25, 0.3) is 0 Å². The van der Waals surface area contributed by atoms with Gasteiger partial charge in [-0.25, -0.2) is 0 Å². The summed E-state index contributed by atoms with van der Waals surface area (Å²) < 4.78 is 0. The largest absolute Gasteiger partial charge is 0.381 e. The maximum Gasteiger partial charge on any atom is 0.0412 e. The van der Waals surface area contributed by atoms with Crippen molar-refractivity contribution in [2.75, 3.05) is 18.9 Å². The third kappa shape index (κ3) is 6.89. The molecule has 0 amide bonds. The molecule has 0 saturated heterocycles. The highest BCUT2D eigenvalue weighted by Gasteiger charge is 1.94. The molecule has 2 nitrogen and oxygen atoms in total. The summed E-state index contributed by atoms with van der Waals surface area (Å²) >= 11 is 0. The van der Waals surface area contributed by atoms with Gasteiger partial charge in [0.05, 0.1) is 0 Å². The van der Waals surface area contributed by atoms with Crippen molar-refractivity contribution in [3.05, 3.63) is 41.5 Å². The molecule has 1 aromatic carbocycles. The maximum absolute atomic E-state index is 4.05. The van der Waals surface area contributed by atoms with Gasteiger partial charge in [-0.05, 0) is 31.1 Å². The van der Waals surface area contributed by atoms with Crippen molar-refractivity contribution in [1.29, 1.82) is 0 Å². The van der Waals surface area contributed by atoms with Crippen molar-refractivity contribution in [1.82, 2.24) is 0 Å². The van der Waals surface area contributed by atoms with E-state index >= 15 is 0 Å². The second kappa shape index (κ2) is 10.6. The van der Waals surface area contributed by atoms with Crippen LogP contribution < -0.4 is 5.32 Å². The van der Waals surface area contributed by atoms with Crippen LogP contribution in [0.15, 0.2) is 40.9 Å². The topological polar surface area (TPSA) is 24.4 Å². The highest BCUT2D eigenvalue weighted by atomic mass is 14.9. The van der Waals surface area contributed by atoms with Gasteiger partial charge in [0.1, 0.15) is 0 Å². The van der Waals surface area contributed by atoms with Gasteiger partial charge in [0.2, 0.25) is 0 Å². The number of hydrogen-bond donors (Lipinski definition) is 1. The summed E-state index contributed by atoms with van der Waals surface area (Å²) in [7, 11) is 1.80. The Labute approximate surface area is 112 Å². The van der Waals surface area contributed by atoms with Gasteiger partial charge in [-0.1, -0.05) is 44.5 Å². The minimum absolute atomic E-state index is 0.828. The first-order chi connectivity index (χ1) is 8.76. The van der Waals surface area contributed by atoms with Gasteiger partial charge in [-0.2, -0.15) is 0 Å². The first kappa shape index (κ1) is 16.4. The molecular formula is C16H26N2. The first-order valence-electron chi connectivity index (χ1n) is 6.68. The van der Waals surface area contributed by atoms with Crippen LogP contribution in [0, 0.1) is 6.92 Å². The summed E-state index contributed by atoms with van der Waals surface area (Å²) in [6.07, 6.45) is 5.13. The average Bonchev–Trinajstić information content (AvgIpc) is 2.41. The molecule has 18 heavy (non-hydrogen) atoms. The maximum atomic E-state index is 4.05. The highest BCUT2D eigenvalue weighted by Crippen LogP contribution is 2.09. The number of nitrogens with one attached hydrogen (secondary N) is 1. The van der Waals surface area contributed by atoms with Crippen LogP contribution >= 0.6 is 0 Å². The number of aryl methyl sites for hydroxylation is 1. The van der Waals surface area contributed by atoms with E-state index in [2.05, 4.69) is 54.5 Å². The van der Waals surface area contributed by atoms with Gasteiger partial charge in [0.15, 0.2) is 0 Å². The van der Waals surface area contributed by atoms with Gasteiger partial charge in [0, 0.05) is 25.5 Å². The minimum atomic E-state index is 0.828. The molecule has 0 heterocycles. The average molecular weight is 246 g/mol. The van der Waals surface area contributed by atoms with Crippen molar-refractivity contribution >= 4 is 11.9 Å². The predicted octanol–water partition coefficient (Wildman–Crippen LogP) is 4.47. The summed E-state index contributed by atoms with van der Waals surface area (Å²) in [5.41, 5.74) is 3.66. The standard InChI is InChI=1S/C14H20N2.C2H6/c1-4-5-13(10-15-3)11-16-14-8-6-12(2)7-9-14;1-2/h5-10,16H,4,11H2,1-3H3;1-2H3/b13-5+,15-10?;. The van der Waals surface area contributed by atoms with E-state index in [4.69, 9.17) is 0 Å². The van der Waals surface area contributed by atoms with Crippen LogP contribution in [0.25, 0.3) is 0 Å². The molecule has 2 heteroatoms. The molecular weight excluding hydrogens is 220 g/mol. The lowest BCUT2D eigenvalue weighted by atomic mass is 10.2. The van der Waals surface area contributed by atoms with Gasteiger partial charge >= 0.3 is 0 Å². The van der Waals surface area contributed by atoms with Crippen LogP contribution in [0.1, 0.15) is 32.8 Å². The molecule has 0 aliphatic rings. The fourth-order valence-electron chi connectivity index (χ4n) is 1.47. The molecule has 0 aliphatic heterocycles. The number of rotatable bonds is 5. The van der Waals surface area contributed by atoms with Crippen LogP contribution in [-0.4, -0.2) is 19.8 Å². The smallest absolute Gasteiger partial charge is 0.0412 e. The Morgan fingerprint density at radius 2 is 1.83 bits per heavy atom. The highest BCUT2D eigenvalue weighted by molar-refractivity contribution is 5.79. The second-order valence-electron chi connectivity index (χ2n) is 3.79. The summed E-state index contributed by atoms with van der Waals surface area (Å²) in [6.45, 7) is 9.06. The third-order valence-corrected chi connectivity index (χ3v) is 2.31. The van der Waals surface area contributed by atoms with Crippen molar-refractivity contribution in [2.24, 2.45) is 4.99 Å². The molecule has 1 N–H and O–H groups in total. The molecule has 0 aliphatic carbocycles. The Morgan fingerprint density at radius 1 is 1.22 bits per heavy atom. The van der Waals surface area contributed by atoms with E-state index in [1.54, 1.807) is 7.05 Å². The van der Waals surface area contributed by atoms with Gasteiger partial charge in [-0.3, -0.25) is 4.99 Å². The summed E-state index contributed by atoms with van der Waals surface area (Å²) in [4.78, 5) is 4.05. The van der Waals surface area contributed by atoms with Crippen LogP contribution in [-0.2, 0) is 0 Å². The normalized spacial score (nSPS) is 11.1. The molecule has 0 aromatic heterocycles. The molecule has 0 bridgehead atoms. The Hall–Kier alpha value is -1.57. The molecule has 100 valence electrons. The molecule has 0 atom stereocenters. The zero-order chi connectivity index (χ0) is 13.8. The van der Waals surface area contributed by atoms with E-state index in [-0.39, 0.29) is 0 Å². The monoisotopic (exact) mass is 246 g/mol. The number of allylic oxidation sites excluding steroid dienone is 1. The Morgan fingerprint density at radius 3 is 2.33 bits per heavy atom. The van der Waals surface area contributed by atoms with E-state index in [0.717, 1.165) is 18.7 Å². The number of benzene rings is 1. The van der Waals surface area contributed by atoms with Crippen LogP contribution in [0.2, 0.25) is 0 Å². The fourth-order valence-corrected chi connectivity index (χ4v) is 1.47. The van der Waals surface area contributed by atoms with E-state index < -0.39 is 0 Å². The van der Waals surface area contributed by atoms with Crippen molar-refractivity contribution in [3.8, 4) is 0 Å². The molecule has 1 aromatic rings. The number of hydrogen-bond acceptors (Lipinski definition) is 2. The molecule has 1 rings (SSSR count). The lowest BCUT2D eigenvalue weighted by Crippen LogP contribution is -2.05. The Kier molecular flexibility index (Phi) is 9.65. The second-order valence-corrected chi connectivity index (χ2v) is 3.79. The summed E-state index contributed by atoms with van der Waals surface area (Å²) in [5.74, 6) is 0. The van der Waals surface area contributed by atoms with Crippen molar-refractivity contribution in [2.45, 2.75) is 34.1 Å². The van der Waals surface area contributed by atoms with Crippen molar-refractivity contribution < 1.29 is 0 Å². The fraction of sp³-hybridized carbons (Fsp3) is 0.438. The van der Waals surface area contributed by atoms with E-state index in [1.807, 2.05) is 20.1 Å². The molecule has 0 spiro atoms. The molecule has 0 radical (unpaired) electrons. The quantitative estimate of drug-likeness (QED) is 0.762. The first-order valence-corrected chi connectivity index (χ1v) is 6.68. The molecule has 0 fully saturated rings. The predicted molar refractivity (Wildman–Crippen MR) is 83.8 cm³/mol. The van der Waals surface area contributed by atoms with E-state index in [9.17, 15) is 0 Å². The van der Waals surface area contributed by atoms with Gasteiger partial charge in [-0.15, -0.1) is 0 Å². The van der Waals surface area contributed by atoms with Crippen molar-refractivity contribution in [3.63, 3.8) is 0 Å². The Balaban J connectivity index is 0.00000137. The van der Waals surface area contributed by atoms with Crippen LogP contribution in [0.3, 0.4) is 0 Å². The Bertz CT molecular complexity index is 361.